The number of aryl methyl sites for hydroxylation is 5. The molecule has 0 bridgehead atoms. The van der Waals surface area contributed by atoms with Crippen molar-refractivity contribution in [3.63, 3.8) is 0 Å². The van der Waals surface area contributed by atoms with Gasteiger partial charge in [0.05, 0.1) is 5.56 Å². The average Bonchev–Trinajstić information content (AvgIpc) is 3.30. The van der Waals surface area contributed by atoms with Crippen LogP contribution in [-0.2, 0) is 7.05 Å². The number of fused-ring (bicyclic) bond motifs is 3. The minimum atomic E-state index is 0.568. The molecule has 6 rings (SSSR count). The summed E-state index contributed by atoms with van der Waals surface area (Å²) in [5.41, 5.74) is 13.2. The zero-order valence-corrected chi connectivity index (χ0v) is 22.4. The molecule has 38 heavy (non-hydrogen) atoms. The SMILES string of the molecule is Cc1ccc(-c2ccc(-c3ccc4c(oc5c(-c6ccc(C)c[n+]6C)c(C)cc(C)c54)c3C#N)cc2)cc1. The molecule has 3 nitrogen and oxygen atoms in total. The van der Waals surface area contributed by atoms with Gasteiger partial charge >= 0.3 is 0 Å². The van der Waals surface area contributed by atoms with E-state index in [1.807, 2.05) is 0 Å². The summed E-state index contributed by atoms with van der Waals surface area (Å²) in [7, 11) is 2.06. The number of hydrogen-bond donors (Lipinski definition) is 0. The first-order chi connectivity index (χ1) is 18.4. The van der Waals surface area contributed by atoms with Gasteiger partial charge in [-0.1, -0.05) is 66.2 Å². The largest absolute Gasteiger partial charge is 0.454 e. The first-order valence-electron chi connectivity index (χ1n) is 12.9. The average molecular weight is 494 g/mol. The highest BCUT2D eigenvalue weighted by atomic mass is 16.3. The second-order valence-electron chi connectivity index (χ2n) is 10.3. The molecule has 0 N–H and O–H groups in total. The van der Waals surface area contributed by atoms with E-state index in [1.165, 1.54) is 16.7 Å². The van der Waals surface area contributed by atoms with Gasteiger partial charge in [0.25, 0.3) is 0 Å². The Morgan fingerprint density at radius 2 is 1.32 bits per heavy atom. The highest BCUT2D eigenvalue weighted by molar-refractivity contribution is 6.13. The van der Waals surface area contributed by atoms with E-state index >= 15 is 0 Å². The monoisotopic (exact) mass is 493 g/mol. The van der Waals surface area contributed by atoms with Crippen LogP contribution in [0.25, 0.3) is 55.4 Å². The number of aromatic nitrogens is 1. The Balaban J connectivity index is 1.55. The highest BCUT2D eigenvalue weighted by Crippen LogP contribution is 2.42. The van der Waals surface area contributed by atoms with Crippen molar-refractivity contribution in [2.45, 2.75) is 27.7 Å². The number of furan rings is 1. The van der Waals surface area contributed by atoms with Gasteiger partial charge in [0, 0.05) is 28.0 Å². The first kappa shape index (κ1) is 23.7. The lowest BCUT2D eigenvalue weighted by Crippen LogP contribution is -2.31. The molecule has 0 saturated carbocycles. The van der Waals surface area contributed by atoms with E-state index in [2.05, 4.69) is 130 Å². The Morgan fingerprint density at radius 3 is 1.97 bits per heavy atom. The van der Waals surface area contributed by atoms with Crippen LogP contribution in [0.1, 0.15) is 27.8 Å². The molecule has 0 unspecified atom stereocenters. The lowest BCUT2D eigenvalue weighted by molar-refractivity contribution is -0.660. The van der Waals surface area contributed by atoms with Crippen LogP contribution in [0.2, 0.25) is 0 Å². The third kappa shape index (κ3) is 3.78. The molecule has 3 heteroatoms. The van der Waals surface area contributed by atoms with E-state index in [4.69, 9.17) is 4.42 Å². The first-order valence-corrected chi connectivity index (χ1v) is 12.9. The zero-order valence-electron chi connectivity index (χ0n) is 22.4. The van der Waals surface area contributed by atoms with Crippen LogP contribution < -0.4 is 4.57 Å². The van der Waals surface area contributed by atoms with Crippen molar-refractivity contribution >= 4 is 21.9 Å². The quantitative estimate of drug-likeness (QED) is 0.232. The molecule has 184 valence electrons. The highest BCUT2D eigenvalue weighted by Gasteiger charge is 2.24. The van der Waals surface area contributed by atoms with Crippen molar-refractivity contribution in [3.05, 3.63) is 113 Å². The van der Waals surface area contributed by atoms with Gasteiger partial charge in [-0.25, -0.2) is 4.57 Å². The molecular formula is C35H29N2O+. The molecule has 0 radical (unpaired) electrons. The van der Waals surface area contributed by atoms with Gasteiger partial charge in [-0.15, -0.1) is 0 Å². The normalized spacial score (nSPS) is 11.3. The van der Waals surface area contributed by atoms with Crippen molar-refractivity contribution in [2.24, 2.45) is 7.05 Å². The Kier molecular flexibility index (Phi) is 5.62. The van der Waals surface area contributed by atoms with Crippen LogP contribution in [0.4, 0.5) is 0 Å². The maximum absolute atomic E-state index is 10.3. The molecular weight excluding hydrogens is 464 g/mol. The molecule has 2 aromatic heterocycles. The van der Waals surface area contributed by atoms with Crippen LogP contribution in [-0.4, -0.2) is 0 Å². The van der Waals surface area contributed by atoms with E-state index in [1.54, 1.807) is 0 Å². The van der Waals surface area contributed by atoms with Crippen LogP contribution in [0.3, 0.4) is 0 Å². The lowest BCUT2D eigenvalue weighted by atomic mass is 9.93. The van der Waals surface area contributed by atoms with Gasteiger partial charge < -0.3 is 4.42 Å². The summed E-state index contributed by atoms with van der Waals surface area (Å²) in [5, 5.41) is 12.4. The predicted molar refractivity (Wildman–Crippen MR) is 155 cm³/mol. The van der Waals surface area contributed by atoms with Gasteiger partial charge in [-0.05, 0) is 67.6 Å². The van der Waals surface area contributed by atoms with E-state index < -0.39 is 0 Å². The molecule has 4 aromatic carbocycles. The van der Waals surface area contributed by atoms with Crippen molar-refractivity contribution in [1.29, 1.82) is 5.26 Å². The van der Waals surface area contributed by atoms with Crippen molar-refractivity contribution in [3.8, 4) is 39.6 Å². The van der Waals surface area contributed by atoms with Crippen LogP contribution >= 0.6 is 0 Å². The number of rotatable bonds is 3. The van der Waals surface area contributed by atoms with Gasteiger partial charge in [0.1, 0.15) is 24.3 Å². The number of benzene rings is 4. The van der Waals surface area contributed by atoms with Gasteiger partial charge in [-0.2, -0.15) is 5.26 Å². The molecule has 0 atom stereocenters. The van der Waals surface area contributed by atoms with Crippen molar-refractivity contribution in [2.75, 3.05) is 0 Å². The summed E-state index contributed by atoms with van der Waals surface area (Å²) < 4.78 is 8.78. The van der Waals surface area contributed by atoms with Crippen LogP contribution in [0.15, 0.2) is 89.5 Å². The molecule has 6 aromatic rings. The molecule has 0 aliphatic carbocycles. The summed E-state index contributed by atoms with van der Waals surface area (Å²) in [6, 6.07) is 30.1. The smallest absolute Gasteiger partial charge is 0.216 e. The van der Waals surface area contributed by atoms with Crippen LogP contribution in [0.5, 0.6) is 0 Å². The number of hydrogen-bond acceptors (Lipinski definition) is 2. The lowest BCUT2D eigenvalue weighted by Gasteiger charge is -2.08. The minimum Gasteiger partial charge on any atom is -0.454 e. The fourth-order valence-electron chi connectivity index (χ4n) is 5.64. The van der Waals surface area contributed by atoms with Crippen LogP contribution in [0, 0.1) is 39.0 Å². The Hall–Kier alpha value is -4.68. The van der Waals surface area contributed by atoms with Gasteiger partial charge in [0.2, 0.25) is 5.69 Å². The van der Waals surface area contributed by atoms with E-state index in [-0.39, 0.29) is 0 Å². The Bertz CT molecular complexity index is 1900. The number of nitrogens with zero attached hydrogens (tertiary/aromatic N) is 2. The molecule has 2 heterocycles. The Morgan fingerprint density at radius 1 is 0.684 bits per heavy atom. The summed E-state index contributed by atoms with van der Waals surface area (Å²) in [5.74, 6) is 0. The summed E-state index contributed by atoms with van der Waals surface area (Å²) >= 11 is 0. The molecule has 0 aliphatic heterocycles. The summed E-state index contributed by atoms with van der Waals surface area (Å²) in [6.45, 7) is 8.43. The number of pyridine rings is 1. The second kappa shape index (κ2) is 9.01. The van der Waals surface area contributed by atoms with Crippen molar-refractivity contribution in [1.82, 2.24) is 0 Å². The maximum Gasteiger partial charge on any atom is 0.216 e. The minimum absolute atomic E-state index is 0.568. The number of nitriles is 1. The molecule has 0 fully saturated rings. The predicted octanol–water partition coefficient (Wildman–Crippen LogP) is 8.52. The van der Waals surface area contributed by atoms with Gasteiger partial charge in [-0.3, -0.25) is 0 Å². The van der Waals surface area contributed by atoms with Gasteiger partial charge in [0.15, 0.2) is 11.8 Å². The van der Waals surface area contributed by atoms with Crippen molar-refractivity contribution < 1.29 is 8.98 Å². The molecule has 0 aliphatic rings. The van der Waals surface area contributed by atoms with E-state index in [0.29, 0.717) is 11.1 Å². The summed E-state index contributed by atoms with van der Waals surface area (Å²) in [6.07, 6.45) is 2.13. The van der Waals surface area contributed by atoms with E-state index in [9.17, 15) is 5.26 Å². The summed E-state index contributed by atoms with van der Waals surface area (Å²) in [4.78, 5) is 0. The standard InChI is InChI=1S/C35H29N2O/c1-21-6-9-25(10-7-21)26-11-13-27(14-12-26)28-15-16-29-32-23(3)18-24(4)33(31-17-8-22(2)20-37(31)5)35(32)38-34(29)30(28)19-36/h6-18,20H,1-5H3/q+1. The fraction of sp³-hybridized carbons (Fsp3) is 0.143. The molecule has 0 amide bonds. The maximum atomic E-state index is 10.3. The molecule has 0 spiro atoms. The Labute approximate surface area is 223 Å². The third-order valence-corrected chi connectivity index (χ3v) is 7.54. The topological polar surface area (TPSA) is 40.8 Å². The van der Waals surface area contributed by atoms with E-state index in [0.717, 1.165) is 55.4 Å². The fourth-order valence-corrected chi connectivity index (χ4v) is 5.64. The zero-order chi connectivity index (χ0) is 26.6. The third-order valence-electron chi connectivity index (χ3n) is 7.54. The second-order valence-corrected chi connectivity index (χ2v) is 10.3. The molecule has 0 saturated heterocycles.